The molecule has 8 nitrogen and oxygen atoms in total. The van der Waals surface area contributed by atoms with Crippen LogP contribution in [0.3, 0.4) is 0 Å². The van der Waals surface area contributed by atoms with Crippen LogP contribution in [0.25, 0.3) is 0 Å². The van der Waals surface area contributed by atoms with Crippen molar-refractivity contribution in [1.82, 2.24) is 15.2 Å². The molecule has 0 bridgehead atoms. The molecule has 1 fully saturated rings. The Kier molecular flexibility index (Phi) is 4.49. The predicted molar refractivity (Wildman–Crippen MR) is 105 cm³/mol. The van der Waals surface area contributed by atoms with E-state index in [-0.39, 0.29) is 6.54 Å². The van der Waals surface area contributed by atoms with Crippen LogP contribution >= 0.6 is 0 Å². The van der Waals surface area contributed by atoms with Crippen LogP contribution in [0.1, 0.15) is 43.2 Å². The Balaban J connectivity index is 1.61. The third kappa shape index (κ3) is 3.41. The van der Waals surface area contributed by atoms with Crippen molar-refractivity contribution in [2.24, 2.45) is 5.10 Å². The van der Waals surface area contributed by atoms with Gasteiger partial charge in [-0.25, -0.2) is 9.80 Å². The first-order valence-electron chi connectivity index (χ1n) is 9.40. The van der Waals surface area contributed by atoms with Crippen molar-refractivity contribution in [3.05, 3.63) is 59.5 Å². The second kappa shape index (κ2) is 6.88. The number of amides is 4. The Labute approximate surface area is 168 Å². The van der Waals surface area contributed by atoms with Gasteiger partial charge in [0, 0.05) is 6.42 Å². The molecule has 2 aliphatic heterocycles. The van der Waals surface area contributed by atoms with Crippen LogP contribution in [-0.4, -0.2) is 45.5 Å². The number of benzene rings is 1. The smallest absolute Gasteiger partial charge is 0.325 e. The van der Waals surface area contributed by atoms with Gasteiger partial charge in [-0.2, -0.15) is 5.10 Å². The van der Waals surface area contributed by atoms with E-state index in [1.54, 1.807) is 32.2 Å². The van der Waals surface area contributed by atoms with Gasteiger partial charge in [0.2, 0.25) is 0 Å². The van der Waals surface area contributed by atoms with E-state index in [0.717, 1.165) is 21.7 Å². The van der Waals surface area contributed by atoms with Crippen molar-refractivity contribution < 1.29 is 18.8 Å². The summed E-state index contributed by atoms with van der Waals surface area (Å²) in [6, 6.07) is 10.4. The van der Waals surface area contributed by atoms with Crippen LogP contribution in [-0.2, 0) is 9.59 Å². The third-order valence-electron chi connectivity index (χ3n) is 5.16. The number of hydrazone groups is 1. The average Bonchev–Trinajstić information content (AvgIpc) is 3.38. The van der Waals surface area contributed by atoms with E-state index < -0.39 is 29.4 Å². The van der Waals surface area contributed by atoms with E-state index in [2.05, 4.69) is 10.4 Å². The predicted octanol–water partition coefficient (Wildman–Crippen LogP) is 2.60. The van der Waals surface area contributed by atoms with Crippen LogP contribution in [0.5, 0.6) is 0 Å². The molecule has 150 valence electrons. The summed E-state index contributed by atoms with van der Waals surface area (Å²) < 4.78 is 5.52. The maximum Gasteiger partial charge on any atom is 0.325 e. The molecular weight excluding hydrogens is 372 g/mol. The molecule has 3 heterocycles. The zero-order valence-corrected chi connectivity index (χ0v) is 16.5. The topological polar surface area (TPSA) is 95.2 Å². The highest BCUT2D eigenvalue weighted by Crippen LogP contribution is 2.33. The number of furan rings is 1. The van der Waals surface area contributed by atoms with Gasteiger partial charge in [-0.3, -0.25) is 14.5 Å². The lowest BCUT2D eigenvalue weighted by Crippen LogP contribution is -2.43. The normalized spacial score (nSPS) is 20.8. The van der Waals surface area contributed by atoms with Crippen molar-refractivity contribution in [3.8, 4) is 0 Å². The van der Waals surface area contributed by atoms with E-state index >= 15 is 0 Å². The second-order valence-electron chi connectivity index (χ2n) is 7.83. The molecule has 8 heteroatoms. The number of hydrogen-bond acceptors (Lipinski definition) is 5. The minimum Gasteiger partial charge on any atom is -0.467 e. The quantitative estimate of drug-likeness (QED) is 0.807. The van der Waals surface area contributed by atoms with E-state index in [1.165, 1.54) is 5.01 Å². The molecule has 1 N–H and O–H groups in total. The first-order chi connectivity index (χ1) is 13.8. The van der Waals surface area contributed by atoms with Crippen LogP contribution in [0.4, 0.5) is 4.79 Å². The standard InChI is InChI=1S/C21H22N4O4/c1-13-6-8-14(9-7-13)15-11-16(17-5-4-10-29-17)25(23-15)18(26)12-24-19(27)21(2,3)22-20(24)28/h4-10,16H,11-12H2,1-3H3,(H,22,28)/t16-/m1/s1. The fourth-order valence-electron chi connectivity index (χ4n) is 3.53. The van der Waals surface area contributed by atoms with Crippen molar-refractivity contribution >= 4 is 23.6 Å². The molecule has 0 radical (unpaired) electrons. The summed E-state index contributed by atoms with van der Waals surface area (Å²) in [6.07, 6.45) is 2.02. The molecule has 1 saturated heterocycles. The van der Waals surface area contributed by atoms with E-state index in [0.29, 0.717) is 12.2 Å². The maximum absolute atomic E-state index is 13.0. The number of hydrogen-bond donors (Lipinski definition) is 1. The summed E-state index contributed by atoms with van der Waals surface area (Å²) in [5.41, 5.74) is 1.76. The summed E-state index contributed by atoms with van der Waals surface area (Å²) in [6.45, 7) is 4.83. The third-order valence-corrected chi connectivity index (χ3v) is 5.16. The minimum absolute atomic E-state index is 0.379. The SMILES string of the molecule is Cc1ccc(C2=NN(C(=O)CN3C(=O)NC(C)(C)C3=O)[C@@H](c3ccco3)C2)cc1. The van der Waals surface area contributed by atoms with Crippen molar-refractivity contribution in [3.63, 3.8) is 0 Å². The van der Waals surface area contributed by atoms with E-state index in [9.17, 15) is 14.4 Å². The average molecular weight is 394 g/mol. The Bertz CT molecular complexity index is 992. The molecule has 0 spiro atoms. The van der Waals surface area contributed by atoms with Crippen LogP contribution in [0.2, 0.25) is 0 Å². The number of nitrogens with zero attached hydrogens (tertiary/aromatic N) is 3. The van der Waals surface area contributed by atoms with Crippen LogP contribution in [0.15, 0.2) is 52.2 Å². The molecule has 4 amide bonds. The van der Waals surface area contributed by atoms with Gasteiger partial charge in [0.1, 0.15) is 23.9 Å². The molecule has 0 saturated carbocycles. The summed E-state index contributed by atoms with van der Waals surface area (Å²) in [7, 11) is 0. The highest BCUT2D eigenvalue weighted by molar-refractivity contribution is 6.09. The van der Waals surface area contributed by atoms with Crippen molar-refractivity contribution in [1.29, 1.82) is 0 Å². The van der Waals surface area contributed by atoms with Crippen LogP contribution in [0, 0.1) is 6.92 Å². The Hall–Kier alpha value is -3.42. The van der Waals surface area contributed by atoms with Gasteiger partial charge in [-0.05, 0) is 38.5 Å². The van der Waals surface area contributed by atoms with E-state index in [1.807, 2.05) is 31.2 Å². The van der Waals surface area contributed by atoms with Gasteiger partial charge in [-0.1, -0.05) is 29.8 Å². The van der Waals surface area contributed by atoms with Gasteiger partial charge in [-0.15, -0.1) is 0 Å². The number of aryl methyl sites for hydroxylation is 1. The fraction of sp³-hybridized carbons (Fsp3) is 0.333. The number of rotatable bonds is 4. The molecule has 1 aromatic carbocycles. The van der Waals surface area contributed by atoms with E-state index in [4.69, 9.17) is 4.42 Å². The number of carbonyl (C=O) groups is 3. The Morgan fingerprint density at radius 2 is 1.97 bits per heavy atom. The summed E-state index contributed by atoms with van der Waals surface area (Å²) in [5.74, 6) is -0.288. The van der Waals surface area contributed by atoms with Crippen molar-refractivity contribution in [2.75, 3.05) is 6.54 Å². The molecule has 4 rings (SSSR count). The molecule has 2 aromatic rings. The summed E-state index contributed by atoms with van der Waals surface area (Å²) >= 11 is 0. The number of nitrogens with one attached hydrogen (secondary N) is 1. The van der Waals surface area contributed by atoms with Gasteiger partial charge in [0.15, 0.2) is 0 Å². The lowest BCUT2D eigenvalue weighted by molar-refractivity contribution is -0.139. The Morgan fingerprint density at radius 3 is 2.55 bits per heavy atom. The zero-order chi connectivity index (χ0) is 20.8. The fourth-order valence-corrected chi connectivity index (χ4v) is 3.53. The van der Waals surface area contributed by atoms with Gasteiger partial charge in [0.05, 0.1) is 12.0 Å². The zero-order valence-electron chi connectivity index (χ0n) is 16.5. The van der Waals surface area contributed by atoms with Gasteiger partial charge >= 0.3 is 6.03 Å². The maximum atomic E-state index is 13.0. The van der Waals surface area contributed by atoms with Crippen LogP contribution < -0.4 is 5.32 Å². The highest BCUT2D eigenvalue weighted by Gasteiger charge is 2.46. The highest BCUT2D eigenvalue weighted by atomic mass is 16.3. The molecular formula is C21H22N4O4. The summed E-state index contributed by atoms with van der Waals surface area (Å²) in [5, 5.41) is 8.42. The lowest BCUT2D eigenvalue weighted by Gasteiger charge is -2.22. The molecule has 1 aromatic heterocycles. The largest absolute Gasteiger partial charge is 0.467 e. The monoisotopic (exact) mass is 394 g/mol. The molecule has 1 atom stereocenters. The second-order valence-corrected chi connectivity index (χ2v) is 7.83. The van der Waals surface area contributed by atoms with Gasteiger partial charge < -0.3 is 9.73 Å². The van der Waals surface area contributed by atoms with Crippen molar-refractivity contribution in [2.45, 2.75) is 38.8 Å². The molecule has 29 heavy (non-hydrogen) atoms. The molecule has 0 aliphatic carbocycles. The Morgan fingerprint density at radius 1 is 1.24 bits per heavy atom. The first-order valence-corrected chi connectivity index (χ1v) is 9.40. The first kappa shape index (κ1) is 18.9. The number of imide groups is 1. The number of carbonyl (C=O) groups excluding carboxylic acids is 3. The molecule has 2 aliphatic rings. The lowest BCUT2D eigenvalue weighted by atomic mass is 10.0. The number of urea groups is 1. The van der Waals surface area contributed by atoms with Gasteiger partial charge in [0.25, 0.3) is 11.8 Å². The summed E-state index contributed by atoms with van der Waals surface area (Å²) in [4.78, 5) is 38.6. The minimum atomic E-state index is -1.03. The molecule has 0 unspecified atom stereocenters.